The van der Waals surface area contributed by atoms with Crippen LogP contribution in [0.5, 0.6) is 0 Å². The number of rotatable bonds is 4. The van der Waals surface area contributed by atoms with Crippen molar-refractivity contribution in [3.8, 4) is 0 Å². The number of carbonyl (C=O) groups is 2. The summed E-state index contributed by atoms with van der Waals surface area (Å²) in [6.45, 7) is 1.28. The number of piperidine rings is 1. The molecule has 5 heteroatoms. The predicted octanol–water partition coefficient (Wildman–Crippen LogP) is -0.0330. The van der Waals surface area contributed by atoms with E-state index in [-0.39, 0.29) is 11.9 Å². The molecule has 1 unspecified atom stereocenters. The standard InChI is InChI=1S/C10H16N2O3/c11-10(15)8-4-1-2-6-12(8)7-3-5-9(13)14/h3,5,8H,1-2,4,6-7H2,(H2,11,15)(H,13,14). The minimum atomic E-state index is -0.970. The van der Waals surface area contributed by atoms with Crippen molar-refractivity contribution in [1.82, 2.24) is 4.90 Å². The zero-order valence-electron chi connectivity index (χ0n) is 8.56. The first-order chi connectivity index (χ1) is 7.11. The van der Waals surface area contributed by atoms with E-state index in [9.17, 15) is 9.59 Å². The average Bonchev–Trinajstić information content (AvgIpc) is 2.17. The first kappa shape index (κ1) is 11.7. The van der Waals surface area contributed by atoms with E-state index in [1.54, 1.807) is 6.08 Å². The lowest BCUT2D eigenvalue weighted by Crippen LogP contribution is -2.47. The van der Waals surface area contributed by atoms with Crippen LogP contribution < -0.4 is 5.73 Å². The largest absolute Gasteiger partial charge is 0.478 e. The third kappa shape index (κ3) is 3.71. The van der Waals surface area contributed by atoms with Gasteiger partial charge in [-0.2, -0.15) is 0 Å². The fourth-order valence-corrected chi connectivity index (χ4v) is 1.82. The van der Waals surface area contributed by atoms with Crippen LogP contribution in [0.1, 0.15) is 19.3 Å². The fourth-order valence-electron chi connectivity index (χ4n) is 1.82. The van der Waals surface area contributed by atoms with Crippen LogP contribution in [0, 0.1) is 0 Å². The molecule has 1 fully saturated rings. The van der Waals surface area contributed by atoms with Crippen LogP contribution in [-0.4, -0.2) is 41.0 Å². The molecule has 1 aliphatic rings. The van der Waals surface area contributed by atoms with Crippen molar-refractivity contribution in [2.75, 3.05) is 13.1 Å². The molecular formula is C10H16N2O3. The molecule has 0 spiro atoms. The molecule has 0 radical (unpaired) electrons. The molecule has 0 aliphatic carbocycles. The van der Waals surface area contributed by atoms with Crippen LogP contribution in [0.25, 0.3) is 0 Å². The van der Waals surface area contributed by atoms with E-state index in [0.717, 1.165) is 31.9 Å². The molecule has 5 nitrogen and oxygen atoms in total. The molecule has 0 bridgehead atoms. The Morgan fingerprint density at radius 2 is 2.20 bits per heavy atom. The van der Waals surface area contributed by atoms with Gasteiger partial charge in [0.2, 0.25) is 5.91 Å². The van der Waals surface area contributed by atoms with Crippen molar-refractivity contribution in [2.45, 2.75) is 25.3 Å². The number of hydrogen-bond donors (Lipinski definition) is 2. The van der Waals surface area contributed by atoms with Crippen molar-refractivity contribution >= 4 is 11.9 Å². The van der Waals surface area contributed by atoms with Gasteiger partial charge in [0.1, 0.15) is 0 Å². The average molecular weight is 212 g/mol. The monoisotopic (exact) mass is 212 g/mol. The van der Waals surface area contributed by atoms with Crippen molar-refractivity contribution in [3.05, 3.63) is 12.2 Å². The second-order valence-corrected chi connectivity index (χ2v) is 3.65. The summed E-state index contributed by atoms with van der Waals surface area (Å²) in [5.41, 5.74) is 5.27. The summed E-state index contributed by atoms with van der Waals surface area (Å²) >= 11 is 0. The van der Waals surface area contributed by atoms with E-state index in [2.05, 4.69) is 0 Å². The molecule has 15 heavy (non-hydrogen) atoms. The van der Waals surface area contributed by atoms with E-state index >= 15 is 0 Å². The summed E-state index contributed by atoms with van der Waals surface area (Å²) in [5, 5.41) is 8.42. The molecule has 1 saturated heterocycles. The Hall–Kier alpha value is -1.36. The minimum absolute atomic E-state index is 0.239. The van der Waals surface area contributed by atoms with Gasteiger partial charge in [-0.1, -0.05) is 12.5 Å². The normalized spacial score (nSPS) is 23.1. The highest BCUT2D eigenvalue weighted by atomic mass is 16.4. The summed E-state index contributed by atoms with van der Waals surface area (Å²) in [4.78, 5) is 23.3. The summed E-state index contributed by atoms with van der Waals surface area (Å²) in [6.07, 6.45) is 5.45. The molecule has 1 aliphatic heterocycles. The highest BCUT2D eigenvalue weighted by Gasteiger charge is 2.25. The topological polar surface area (TPSA) is 83.6 Å². The van der Waals surface area contributed by atoms with E-state index in [1.807, 2.05) is 4.90 Å². The van der Waals surface area contributed by atoms with Crippen molar-refractivity contribution in [1.29, 1.82) is 0 Å². The van der Waals surface area contributed by atoms with E-state index in [4.69, 9.17) is 10.8 Å². The lowest BCUT2D eigenvalue weighted by Gasteiger charge is -2.32. The van der Waals surface area contributed by atoms with Crippen LogP contribution >= 0.6 is 0 Å². The van der Waals surface area contributed by atoms with Crippen molar-refractivity contribution < 1.29 is 14.7 Å². The van der Waals surface area contributed by atoms with Gasteiger partial charge in [-0.25, -0.2) is 4.79 Å². The quantitative estimate of drug-likeness (QED) is 0.641. The molecule has 84 valence electrons. The SMILES string of the molecule is NC(=O)C1CCCCN1CC=CC(=O)O. The van der Waals surface area contributed by atoms with Gasteiger partial charge in [0, 0.05) is 12.6 Å². The number of primary amides is 1. The third-order valence-corrected chi connectivity index (χ3v) is 2.54. The van der Waals surface area contributed by atoms with Crippen LogP contribution in [-0.2, 0) is 9.59 Å². The van der Waals surface area contributed by atoms with Gasteiger partial charge >= 0.3 is 5.97 Å². The van der Waals surface area contributed by atoms with Crippen LogP contribution in [0.15, 0.2) is 12.2 Å². The maximum Gasteiger partial charge on any atom is 0.328 e. The smallest absolute Gasteiger partial charge is 0.328 e. The Balaban J connectivity index is 2.49. The Kier molecular flexibility index (Phi) is 4.30. The number of carbonyl (C=O) groups excluding carboxylic acids is 1. The molecule has 1 heterocycles. The van der Waals surface area contributed by atoms with E-state index in [1.165, 1.54) is 0 Å². The second kappa shape index (κ2) is 5.50. The zero-order valence-corrected chi connectivity index (χ0v) is 8.56. The Morgan fingerprint density at radius 3 is 2.80 bits per heavy atom. The molecule has 0 aromatic rings. The Bertz CT molecular complexity index is 276. The number of hydrogen-bond acceptors (Lipinski definition) is 3. The molecule has 1 rings (SSSR count). The highest BCUT2D eigenvalue weighted by molar-refractivity contribution is 5.80. The number of amides is 1. The molecule has 0 aromatic heterocycles. The van der Waals surface area contributed by atoms with E-state index < -0.39 is 5.97 Å². The van der Waals surface area contributed by atoms with Gasteiger partial charge < -0.3 is 10.8 Å². The Morgan fingerprint density at radius 1 is 1.47 bits per heavy atom. The summed E-state index contributed by atoms with van der Waals surface area (Å²) < 4.78 is 0. The van der Waals surface area contributed by atoms with Gasteiger partial charge in [-0.05, 0) is 19.4 Å². The van der Waals surface area contributed by atoms with Crippen LogP contribution in [0.2, 0.25) is 0 Å². The third-order valence-electron chi connectivity index (χ3n) is 2.54. The first-order valence-corrected chi connectivity index (χ1v) is 5.04. The maximum absolute atomic E-state index is 11.1. The molecule has 1 atom stereocenters. The minimum Gasteiger partial charge on any atom is -0.478 e. The number of carboxylic acids is 1. The number of nitrogens with two attached hydrogens (primary N) is 1. The number of likely N-dealkylation sites (tertiary alicyclic amines) is 1. The first-order valence-electron chi connectivity index (χ1n) is 5.04. The predicted molar refractivity (Wildman–Crippen MR) is 55.2 cm³/mol. The highest BCUT2D eigenvalue weighted by Crippen LogP contribution is 2.16. The van der Waals surface area contributed by atoms with Gasteiger partial charge in [-0.3, -0.25) is 9.69 Å². The Labute approximate surface area is 88.5 Å². The van der Waals surface area contributed by atoms with Crippen molar-refractivity contribution in [2.24, 2.45) is 5.73 Å². The number of carboxylic acid groups (broad SMARTS) is 1. The zero-order chi connectivity index (χ0) is 11.3. The lowest BCUT2D eigenvalue weighted by atomic mass is 10.0. The maximum atomic E-state index is 11.1. The number of nitrogens with zero attached hydrogens (tertiary/aromatic N) is 1. The lowest BCUT2D eigenvalue weighted by molar-refractivity contribution is -0.131. The second-order valence-electron chi connectivity index (χ2n) is 3.65. The van der Waals surface area contributed by atoms with Crippen LogP contribution in [0.3, 0.4) is 0 Å². The van der Waals surface area contributed by atoms with Crippen molar-refractivity contribution in [3.63, 3.8) is 0 Å². The van der Waals surface area contributed by atoms with Gasteiger partial charge in [0.15, 0.2) is 0 Å². The van der Waals surface area contributed by atoms with Gasteiger partial charge in [0.05, 0.1) is 6.04 Å². The summed E-state index contributed by atoms with van der Waals surface area (Å²) in [5.74, 6) is -1.29. The van der Waals surface area contributed by atoms with E-state index in [0.29, 0.717) is 6.54 Å². The summed E-state index contributed by atoms with van der Waals surface area (Å²) in [6, 6.07) is -0.239. The van der Waals surface area contributed by atoms with Gasteiger partial charge in [0.25, 0.3) is 0 Å². The molecule has 0 aromatic carbocycles. The summed E-state index contributed by atoms with van der Waals surface area (Å²) in [7, 11) is 0. The molecular weight excluding hydrogens is 196 g/mol. The molecule has 0 saturated carbocycles. The molecule has 1 amide bonds. The van der Waals surface area contributed by atoms with Crippen LogP contribution in [0.4, 0.5) is 0 Å². The fraction of sp³-hybridized carbons (Fsp3) is 0.600. The van der Waals surface area contributed by atoms with Gasteiger partial charge in [-0.15, -0.1) is 0 Å². The molecule has 3 N–H and O–H groups in total. The number of aliphatic carboxylic acids is 1.